The van der Waals surface area contributed by atoms with Crippen LogP contribution in [0.15, 0.2) is 18.2 Å². The van der Waals surface area contributed by atoms with Crippen LogP contribution in [0, 0.1) is 5.82 Å². The van der Waals surface area contributed by atoms with Crippen LogP contribution in [-0.2, 0) is 6.54 Å². The van der Waals surface area contributed by atoms with Crippen molar-refractivity contribution in [2.75, 3.05) is 7.05 Å². The van der Waals surface area contributed by atoms with Crippen molar-refractivity contribution >= 4 is 11.0 Å². The molecule has 2 aromatic rings. The van der Waals surface area contributed by atoms with Gasteiger partial charge < -0.3 is 9.88 Å². The van der Waals surface area contributed by atoms with Crippen molar-refractivity contribution in [3.05, 3.63) is 29.8 Å². The first-order chi connectivity index (χ1) is 7.63. The van der Waals surface area contributed by atoms with Crippen LogP contribution in [0.2, 0.25) is 0 Å². The number of nitrogens with one attached hydrogen (secondary N) is 1. The third-order valence-corrected chi connectivity index (χ3v) is 2.58. The van der Waals surface area contributed by atoms with Gasteiger partial charge in [-0.15, -0.1) is 0 Å². The molecule has 2 rings (SSSR count). The van der Waals surface area contributed by atoms with Crippen molar-refractivity contribution in [3.8, 4) is 0 Å². The van der Waals surface area contributed by atoms with Crippen molar-refractivity contribution in [1.29, 1.82) is 0 Å². The number of benzene rings is 1. The highest BCUT2D eigenvalue weighted by Crippen LogP contribution is 2.21. The Morgan fingerprint density at radius 2 is 2.19 bits per heavy atom. The Bertz CT molecular complexity index is 502. The summed E-state index contributed by atoms with van der Waals surface area (Å²) >= 11 is 0. The van der Waals surface area contributed by atoms with Gasteiger partial charge in [0, 0.05) is 12.1 Å². The Kier molecular flexibility index (Phi) is 2.92. The third kappa shape index (κ3) is 1.80. The first-order valence-electron chi connectivity index (χ1n) is 5.44. The van der Waals surface area contributed by atoms with Gasteiger partial charge in [0.25, 0.3) is 0 Å². The second kappa shape index (κ2) is 4.22. The molecule has 0 aliphatic rings. The van der Waals surface area contributed by atoms with Gasteiger partial charge in [-0.3, -0.25) is 0 Å². The summed E-state index contributed by atoms with van der Waals surface area (Å²) in [6.45, 7) is 4.89. The third-order valence-electron chi connectivity index (χ3n) is 2.58. The van der Waals surface area contributed by atoms with Gasteiger partial charge in [-0.05, 0) is 33.0 Å². The van der Waals surface area contributed by atoms with Crippen molar-refractivity contribution in [2.24, 2.45) is 0 Å². The lowest BCUT2D eigenvalue weighted by Gasteiger charge is -2.12. The first kappa shape index (κ1) is 11.1. The highest BCUT2D eigenvalue weighted by atomic mass is 19.1. The molecule has 0 spiro atoms. The molecule has 1 aromatic carbocycles. The maximum Gasteiger partial charge on any atom is 0.125 e. The minimum atomic E-state index is -0.239. The SMILES string of the molecule is CNCc1nc2cc(F)ccc2n1C(C)C. The number of imidazole rings is 1. The zero-order chi connectivity index (χ0) is 11.7. The monoisotopic (exact) mass is 221 g/mol. The van der Waals surface area contributed by atoms with Gasteiger partial charge in [0.2, 0.25) is 0 Å². The number of halogens is 1. The molecule has 0 saturated carbocycles. The minimum absolute atomic E-state index is 0.239. The van der Waals surface area contributed by atoms with Crippen LogP contribution in [0.25, 0.3) is 11.0 Å². The van der Waals surface area contributed by atoms with Crippen LogP contribution in [0.3, 0.4) is 0 Å². The standard InChI is InChI=1S/C12H16FN3/c1-8(2)16-11-5-4-9(13)6-10(11)15-12(16)7-14-3/h4-6,8,14H,7H2,1-3H3. The molecule has 3 nitrogen and oxygen atoms in total. The van der Waals surface area contributed by atoms with Crippen LogP contribution < -0.4 is 5.32 Å². The lowest BCUT2D eigenvalue weighted by atomic mass is 10.3. The number of hydrogen-bond acceptors (Lipinski definition) is 2. The van der Waals surface area contributed by atoms with Crippen LogP contribution in [0.5, 0.6) is 0 Å². The second-order valence-corrected chi connectivity index (χ2v) is 4.16. The number of fused-ring (bicyclic) bond motifs is 1. The number of nitrogens with zero attached hydrogens (tertiary/aromatic N) is 2. The summed E-state index contributed by atoms with van der Waals surface area (Å²) in [4.78, 5) is 4.44. The van der Waals surface area contributed by atoms with Gasteiger partial charge >= 0.3 is 0 Å². The summed E-state index contributed by atoms with van der Waals surface area (Å²) in [5.74, 6) is 0.704. The molecule has 0 unspecified atom stereocenters. The molecular formula is C12H16FN3. The van der Waals surface area contributed by atoms with Gasteiger partial charge in [0.15, 0.2) is 0 Å². The van der Waals surface area contributed by atoms with Crippen molar-refractivity contribution in [1.82, 2.24) is 14.9 Å². The van der Waals surface area contributed by atoms with E-state index in [2.05, 4.69) is 28.7 Å². The normalized spacial score (nSPS) is 11.6. The van der Waals surface area contributed by atoms with E-state index >= 15 is 0 Å². The molecule has 1 N–H and O–H groups in total. The van der Waals surface area contributed by atoms with E-state index < -0.39 is 0 Å². The highest BCUT2D eigenvalue weighted by Gasteiger charge is 2.12. The van der Waals surface area contributed by atoms with E-state index in [-0.39, 0.29) is 5.82 Å². The van der Waals surface area contributed by atoms with Crippen LogP contribution in [0.1, 0.15) is 25.7 Å². The molecule has 1 aromatic heterocycles. The Morgan fingerprint density at radius 1 is 1.44 bits per heavy atom. The fourth-order valence-corrected chi connectivity index (χ4v) is 1.98. The molecule has 0 atom stereocenters. The molecule has 4 heteroatoms. The molecule has 0 amide bonds. The van der Waals surface area contributed by atoms with E-state index in [9.17, 15) is 4.39 Å². The van der Waals surface area contributed by atoms with Crippen molar-refractivity contribution in [2.45, 2.75) is 26.4 Å². The fourth-order valence-electron chi connectivity index (χ4n) is 1.98. The topological polar surface area (TPSA) is 29.9 Å². The van der Waals surface area contributed by atoms with Crippen molar-refractivity contribution < 1.29 is 4.39 Å². The van der Waals surface area contributed by atoms with Crippen LogP contribution in [0.4, 0.5) is 4.39 Å². The zero-order valence-corrected chi connectivity index (χ0v) is 9.79. The van der Waals surface area contributed by atoms with E-state index in [0.717, 1.165) is 16.9 Å². The molecule has 0 bridgehead atoms. The van der Waals surface area contributed by atoms with E-state index in [0.29, 0.717) is 12.6 Å². The summed E-state index contributed by atoms with van der Waals surface area (Å²) in [5.41, 5.74) is 1.71. The summed E-state index contributed by atoms with van der Waals surface area (Å²) in [7, 11) is 1.88. The molecular weight excluding hydrogens is 205 g/mol. The lowest BCUT2D eigenvalue weighted by Crippen LogP contribution is -2.13. The van der Waals surface area contributed by atoms with Crippen LogP contribution in [-0.4, -0.2) is 16.6 Å². The van der Waals surface area contributed by atoms with Gasteiger partial charge in [-0.25, -0.2) is 9.37 Å². The maximum atomic E-state index is 13.1. The lowest BCUT2D eigenvalue weighted by molar-refractivity contribution is 0.570. The molecule has 0 saturated heterocycles. The van der Waals surface area contributed by atoms with Gasteiger partial charge in [-0.2, -0.15) is 0 Å². The molecule has 0 aliphatic carbocycles. The summed E-state index contributed by atoms with van der Waals surface area (Å²) in [6, 6.07) is 5.06. The van der Waals surface area contributed by atoms with Gasteiger partial charge in [0.05, 0.1) is 17.6 Å². The number of aromatic nitrogens is 2. The van der Waals surface area contributed by atoms with E-state index in [1.807, 2.05) is 7.05 Å². The van der Waals surface area contributed by atoms with E-state index in [4.69, 9.17) is 0 Å². The Balaban J connectivity index is 2.65. The summed E-state index contributed by atoms with van der Waals surface area (Å²) in [5, 5.41) is 3.08. The average Bonchev–Trinajstić information content (AvgIpc) is 2.55. The predicted molar refractivity (Wildman–Crippen MR) is 62.8 cm³/mol. The zero-order valence-electron chi connectivity index (χ0n) is 9.79. The Labute approximate surface area is 94.3 Å². The fraction of sp³-hybridized carbons (Fsp3) is 0.417. The molecule has 86 valence electrons. The quantitative estimate of drug-likeness (QED) is 0.863. The first-order valence-corrected chi connectivity index (χ1v) is 5.44. The summed E-state index contributed by atoms with van der Waals surface area (Å²) < 4.78 is 15.2. The highest BCUT2D eigenvalue weighted by molar-refractivity contribution is 5.76. The molecule has 0 fully saturated rings. The van der Waals surface area contributed by atoms with E-state index in [1.165, 1.54) is 12.1 Å². The summed E-state index contributed by atoms with van der Waals surface area (Å²) in [6.07, 6.45) is 0. The number of rotatable bonds is 3. The van der Waals surface area contributed by atoms with Crippen LogP contribution >= 0.6 is 0 Å². The van der Waals surface area contributed by atoms with Crippen molar-refractivity contribution in [3.63, 3.8) is 0 Å². The van der Waals surface area contributed by atoms with Gasteiger partial charge in [-0.1, -0.05) is 0 Å². The van der Waals surface area contributed by atoms with Gasteiger partial charge in [0.1, 0.15) is 11.6 Å². The Hall–Kier alpha value is -1.42. The average molecular weight is 221 g/mol. The predicted octanol–water partition coefficient (Wildman–Crippen LogP) is 2.48. The smallest absolute Gasteiger partial charge is 0.125 e. The molecule has 0 radical (unpaired) electrons. The molecule has 1 heterocycles. The Morgan fingerprint density at radius 3 is 2.81 bits per heavy atom. The maximum absolute atomic E-state index is 13.1. The molecule has 16 heavy (non-hydrogen) atoms. The molecule has 0 aliphatic heterocycles. The minimum Gasteiger partial charge on any atom is -0.324 e. The van der Waals surface area contributed by atoms with E-state index in [1.54, 1.807) is 6.07 Å². The second-order valence-electron chi connectivity index (χ2n) is 4.16. The largest absolute Gasteiger partial charge is 0.324 e. The number of hydrogen-bond donors (Lipinski definition) is 1.